The van der Waals surface area contributed by atoms with E-state index in [0.29, 0.717) is 17.5 Å². The van der Waals surface area contributed by atoms with E-state index in [1.807, 2.05) is 11.8 Å². The first kappa shape index (κ1) is 8.41. The summed E-state index contributed by atoms with van der Waals surface area (Å²) in [5.41, 5.74) is 0.479. The van der Waals surface area contributed by atoms with Gasteiger partial charge in [0.05, 0.1) is 6.10 Å². The highest BCUT2D eigenvalue weighted by Crippen LogP contribution is 2.29. The second-order valence-electron chi connectivity index (χ2n) is 3.16. The SMILES string of the molecule is CSC1CCC(C(C)C)O1. The third kappa shape index (κ3) is 1.89. The minimum Gasteiger partial charge on any atom is -0.364 e. The highest BCUT2D eigenvalue weighted by Gasteiger charge is 2.26. The van der Waals surface area contributed by atoms with Gasteiger partial charge < -0.3 is 4.74 Å². The van der Waals surface area contributed by atoms with Crippen molar-refractivity contribution in [2.45, 2.75) is 38.2 Å². The molecule has 0 aromatic carbocycles. The van der Waals surface area contributed by atoms with Gasteiger partial charge in [0.25, 0.3) is 0 Å². The van der Waals surface area contributed by atoms with Crippen LogP contribution in [0, 0.1) is 5.92 Å². The summed E-state index contributed by atoms with van der Waals surface area (Å²) in [6, 6.07) is 0. The van der Waals surface area contributed by atoms with E-state index >= 15 is 0 Å². The van der Waals surface area contributed by atoms with Crippen LogP contribution >= 0.6 is 11.8 Å². The number of rotatable bonds is 2. The molecule has 1 heterocycles. The Labute approximate surface area is 67.5 Å². The summed E-state index contributed by atoms with van der Waals surface area (Å²) in [6.07, 6.45) is 5.14. The zero-order valence-electron chi connectivity index (χ0n) is 6.96. The summed E-state index contributed by atoms with van der Waals surface area (Å²) in [5, 5.41) is 0. The second kappa shape index (κ2) is 3.63. The van der Waals surface area contributed by atoms with Crippen LogP contribution in [0.5, 0.6) is 0 Å². The van der Waals surface area contributed by atoms with E-state index in [-0.39, 0.29) is 0 Å². The van der Waals surface area contributed by atoms with Gasteiger partial charge in [0, 0.05) is 0 Å². The Morgan fingerprint density at radius 1 is 1.40 bits per heavy atom. The number of ether oxygens (including phenoxy) is 1. The van der Waals surface area contributed by atoms with Crippen molar-refractivity contribution < 1.29 is 4.74 Å². The van der Waals surface area contributed by atoms with Crippen molar-refractivity contribution in [3.8, 4) is 0 Å². The quantitative estimate of drug-likeness (QED) is 0.614. The van der Waals surface area contributed by atoms with Crippen LogP contribution in [0.25, 0.3) is 0 Å². The van der Waals surface area contributed by atoms with E-state index in [1.54, 1.807) is 0 Å². The molecular formula is C8H16OS. The van der Waals surface area contributed by atoms with Gasteiger partial charge in [-0.15, -0.1) is 11.8 Å². The van der Waals surface area contributed by atoms with Gasteiger partial charge in [-0.3, -0.25) is 0 Å². The molecule has 1 saturated heterocycles. The fraction of sp³-hybridized carbons (Fsp3) is 1.00. The normalized spacial score (nSPS) is 33.6. The standard InChI is InChI=1S/C8H16OS/c1-6(2)7-4-5-8(9-7)10-3/h6-8H,4-5H2,1-3H3. The number of hydrogen-bond donors (Lipinski definition) is 0. The lowest BCUT2D eigenvalue weighted by Crippen LogP contribution is -2.14. The van der Waals surface area contributed by atoms with Crippen molar-refractivity contribution >= 4 is 11.8 Å². The molecule has 1 aliphatic heterocycles. The lowest BCUT2D eigenvalue weighted by molar-refractivity contribution is 0.0602. The van der Waals surface area contributed by atoms with Gasteiger partial charge in [-0.25, -0.2) is 0 Å². The Kier molecular flexibility index (Phi) is 3.05. The third-order valence-electron chi connectivity index (χ3n) is 2.02. The molecule has 0 saturated carbocycles. The van der Waals surface area contributed by atoms with Gasteiger partial charge in [-0.05, 0) is 25.0 Å². The Morgan fingerprint density at radius 3 is 2.40 bits per heavy atom. The van der Waals surface area contributed by atoms with E-state index in [9.17, 15) is 0 Å². The van der Waals surface area contributed by atoms with Crippen LogP contribution in [0.2, 0.25) is 0 Å². The van der Waals surface area contributed by atoms with Crippen molar-refractivity contribution in [3.05, 3.63) is 0 Å². The maximum absolute atomic E-state index is 5.73. The first-order chi connectivity index (χ1) is 4.74. The molecule has 1 fully saturated rings. The minimum absolute atomic E-state index is 0.479. The summed E-state index contributed by atoms with van der Waals surface area (Å²) < 4.78 is 5.73. The summed E-state index contributed by atoms with van der Waals surface area (Å²) >= 11 is 1.83. The molecule has 0 radical (unpaired) electrons. The first-order valence-corrected chi connectivity index (χ1v) is 5.21. The van der Waals surface area contributed by atoms with Crippen LogP contribution in [0.4, 0.5) is 0 Å². The zero-order chi connectivity index (χ0) is 7.56. The molecule has 1 aliphatic rings. The van der Waals surface area contributed by atoms with Gasteiger partial charge in [0.15, 0.2) is 0 Å². The van der Waals surface area contributed by atoms with E-state index in [4.69, 9.17) is 4.74 Å². The van der Waals surface area contributed by atoms with Crippen molar-refractivity contribution in [3.63, 3.8) is 0 Å². The molecule has 0 aromatic rings. The fourth-order valence-corrected chi connectivity index (χ4v) is 1.92. The fourth-order valence-electron chi connectivity index (χ4n) is 1.30. The maximum atomic E-state index is 5.73. The molecule has 0 N–H and O–H groups in total. The molecule has 60 valence electrons. The van der Waals surface area contributed by atoms with Gasteiger partial charge >= 0.3 is 0 Å². The van der Waals surface area contributed by atoms with Crippen molar-refractivity contribution in [2.24, 2.45) is 5.92 Å². The zero-order valence-corrected chi connectivity index (χ0v) is 7.78. The minimum atomic E-state index is 0.479. The number of hydrogen-bond acceptors (Lipinski definition) is 2. The Bertz CT molecular complexity index is 103. The topological polar surface area (TPSA) is 9.23 Å². The molecule has 0 aromatic heterocycles. The van der Waals surface area contributed by atoms with Crippen LogP contribution in [0.1, 0.15) is 26.7 Å². The predicted octanol–water partition coefficient (Wildman–Crippen LogP) is 2.51. The summed E-state index contributed by atoms with van der Waals surface area (Å²) in [5.74, 6) is 0.692. The summed E-state index contributed by atoms with van der Waals surface area (Å²) in [6.45, 7) is 4.46. The molecular weight excluding hydrogens is 144 g/mol. The van der Waals surface area contributed by atoms with E-state index in [0.717, 1.165) is 0 Å². The van der Waals surface area contributed by atoms with Crippen LogP contribution in [0.3, 0.4) is 0 Å². The van der Waals surface area contributed by atoms with E-state index in [1.165, 1.54) is 12.8 Å². The van der Waals surface area contributed by atoms with Crippen molar-refractivity contribution in [1.29, 1.82) is 0 Å². The highest BCUT2D eigenvalue weighted by molar-refractivity contribution is 7.99. The monoisotopic (exact) mass is 160 g/mol. The Balaban J connectivity index is 2.28. The smallest absolute Gasteiger partial charge is 0.103 e. The molecule has 0 bridgehead atoms. The van der Waals surface area contributed by atoms with Gasteiger partial charge in [-0.2, -0.15) is 0 Å². The van der Waals surface area contributed by atoms with E-state index in [2.05, 4.69) is 20.1 Å². The average molecular weight is 160 g/mol. The van der Waals surface area contributed by atoms with Crippen LogP contribution in [-0.4, -0.2) is 17.8 Å². The first-order valence-electron chi connectivity index (χ1n) is 3.92. The van der Waals surface area contributed by atoms with Gasteiger partial charge in [0.1, 0.15) is 5.44 Å². The molecule has 10 heavy (non-hydrogen) atoms. The molecule has 0 aliphatic carbocycles. The van der Waals surface area contributed by atoms with Gasteiger partial charge in [0.2, 0.25) is 0 Å². The predicted molar refractivity (Wildman–Crippen MR) is 46.2 cm³/mol. The number of thioether (sulfide) groups is 1. The lowest BCUT2D eigenvalue weighted by Gasteiger charge is -2.14. The highest BCUT2D eigenvalue weighted by atomic mass is 32.2. The molecule has 2 atom stereocenters. The Morgan fingerprint density at radius 2 is 2.10 bits per heavy atom. The summed E-state index contributed by atoms with van der Waals surface area (Å²) in [4.78, 5) is 0. The molecule has 0 amide bonds. The molecule has 0 spiro atoms. The second-order valence-corrected chi connectivity index (χ2v) is 4.16. The molecule has 2 unspecified atom stereocenters. The van der Waals surface area contributed by atoms with Crippen LogP contribution in [-0.2, 0) is 4.74 Å². The third-order valence-corrected chi connectivity index (χ3v) is 2.89. The molecule has 1 nitrogen and oxygen atoms in total. The Hall–Kier alpha value is 0.310. The van der Waals surface area contributed by atoms with Gasteiger partial charge in [-0.1, -0.05) is 13.8 Å². The summed E-state index contributed by atoms with van der Waals surface area (Å²) in [7, 11) is 0. The van der Waals surface area contributed by atoms with Crippen molar-refractivity contribution in [1.82, 2.24) is 0 Å². The van der Waals surface area contributed by atoms with Crippen molar-refractivity contribution in [2.75, 3.05) is 6.26 Å². The van der Waals surface area contributed by atoms with Crippen LogP contribution < -0.4 is 0 Å². The maximum Gasteiger partial charge on any atom is 0.103 e. The molecule has 1 rings (SSSR count). The van der Waals surface area contributed by atoms with Crippen LogP contribution in [0.15, 0.2) is 0 Å². The van der Waals surface area contributed by atoms with E-state index < -0.39 is 0 Å². The molecule has 2 heteroatoms. The average Bonchev–Trinajstić information content (AvgIpc) is 2.34. The lowest BCUT2D eigenvalue weighted by atomic mass is 10.1. The largest absolute Gasteiger partial charge is 0.364 e.